The second kappa shape index (κ2) is 7.25. The van der Waals surface area contributed by atoms with Gasteiger partial charge in [0.2, 0.25) is 0 Å². The van der Waals surface area contributed by atoms with Gasteiger partial charge in [-0.25, -0.2) is 4.79 Å². The number of rotatable bonds is 6. The van der Waals surface area contributed by atoms with E-state index in [1.807, 2.05) is 6.92 Å². The molecule has 1 aromatic carbocycles. The van der Waals surface area contributed by atoms with E-state index in [0.717, 1.165) is 0 Å². The van der Waals surface area contributed by atoms with Gasteiger partial charge in [-0.1, -0.05) is 13.0 Å². The maximum Gasteiger partial charge on any atom is 0.319 e. The lowest BCUT2D eigenvalue weighted by atomic mass is 10.2. The first-order valence-corrected chi connectivity index (χ1v) is 6.03. The molecule has 0 aliphatic rings. The predicted octanol–water partition coefficient (Wildman–Crippen LogP) is 1.93. The van der Waals surface area contributed by atoms with Gasteiger partial charge in [-0.2, -0.15) is 0 Å². The maximum absolute atomic E-state index is 11.6. The number of hydrogen-bond donors (Lipinski definition) is 3. The van der Waals surface area contributed by atoms with Crippen molar-refractivity contribution in [1.29, 1.82) is 0 Å². The molecule has 1 rings (SSSR count). The molecule has 6 nitrogen and oxygen atoms in total. The van der Waals surface area contributed by atoms with Crippen LogP contribution in [0.5, 0.6) is 5.75 Å². The van der Waals surface area contributed by atoms with Crippen molar-refractivity contribution < 1.29 is 19.4 Å². The van der Waals surface area contributed by atoms with Crippen LogP contribution in [-0.4, -0.2) is 30.3 Å². The van der Waals surface area contributed by atoms with Crippen molar-refractivity contribution in [2.45, 2.75) is 13.8 Å². The number of hydrogen-bond acceptors (Lipinski definition) is 3. The minimum absolute atomic E-state index is 0.0757. The van der Waals surface area contributed by atoms with Crippen LogP contribution >= 0.6 is 0 Å². The van der Waals surface area contributed by atoms with Gasteiger partial charge in [-0.15, -0.1) is 0 Å². The summed E-state index contributed by atoms with van der Waals surface area (Å²) in [6.07, 6.45) is 0. The van der Waals surface area contributed by atoms with E-state index in [2.05, 4.69) is 10.6 Å². The zero-order valence-corrected chi connectivity index (χ0v) is 11.0. The number of aliphatic carboxylic acids is 1. The lowest BCUT2D eigenvalue weighted by Crippen LogP contribution is -2.34. The Morgan fingerprint density at radius 3 is 2.79 bits per heavy atom. The maximum atomic E-state index is 11.6. The third kappa shape index (κ3) is 5.29. The van der Waals surface area contributed by atoms with Gasteiger partial charge in [0.15, 0.2) is 0 Å². The Labute approximate surface area is 111 Å². The highest BCUT2D eigenvalue weighted by Crippen LogP contribution is 2.16. The second-order valence-corrected chi connectivity index (χ2v) is 4.04. The van der Waals surface area contributed by atoms with Gasteiger partial charge in [0.05, 0.1) is 12.5 Å². The quantitative estimate of drug-likeness (QED) is 0.734. The van der Waals surface area contributed by atoms with E-state index < -0.39 is 17.9 Å². The van der Waals surface area contributed by atoms with Crippen molar-refractivity contribution in [3.05, 3.63) is 24.3 Å². The number of amides is 2. The molecule has 2 amide bonds. The molecule has 3 N–H and O–H groups in total. The van der Waals surface area contributed by atoms with Gasteiger partial charge < -0.3 is 20.5 Å². The minimum Gasteiger partial charge on any atom is -0.494 e. The van der Waals surface area contributed by atoms with Gasteiger partial charge in [0.25, 0.3) is 0 Å². The third-order valence-corrected chi connectivity index (χ3v) is 2.39. The molecule has 1 aromatic rings. The molecule has 0 aliphatic heterocycles. The highest BCUT2D eigenvalue weighted by Gasteiger charge is 2.12. The molecule has 1 unspecified atom stereocenters. The van der Waals surface area contributed by atoms with Crippen LogP contribution in [0.4, 0.5) is 10.5 Å². The van der Waals surface area contributed by atoms with E-state index in [-0.39, 0.29) is 6.54 Å². The summed E-state index contributed by atoms with van der Waals surface area (Å²) in [6, 6.07) is 6.54. The summed E-state index contributed by atoms with van der Waals surface area (Å²) in [6.45, 7) is 4.02. The zero-order valence-electron chi connectivity index (χ0n) is 11.0. The van der Waals surface area contributed by atoms with Crippen molar-refractivity contribution in [1.82, 2.24) is 5.32 Å². The van der Waals surface area contributed by atoms with Crippen LogP contribution in [0.15, 0.2) is 24.3 Å². The van der Waals surface area contributed by atoms with E-state index >= 15 is 0 Å². The van der Waals surface area contributed by atoms with Crippen LogP contribution in [0.3, 0.4) is 0 Å². The summed E-state index contributed by atoms with van der Waals surface area (Å²) in [5, 5.41) is 13.8. The average Bonchev–Trinajstić information content (AvgIpc) is 2.36. The Hall–Kier alpha value is -2.24. The predicted molar refractivity (Wildman–Crippen MR) is 71.4 cm³/mol. The first kappa shape index (κ1) is 14.8. The van der Waals surface area contributed by atoms with Crippen LogP contribution < -0.4 is 15.4 Å². The van der Waals surface area contributed by atoms with Gasteiger partial charge in [-0.05, 0) is 19.1 Å². The number of carbonyl (C=O) groups excluding carboxylic acids is 1. The SMILES string of the molecule is CCOc1cccc(NC(=O)NCC(C)C(=O)O)c1. The molecule has 104 valence electrons. The number of urea groups is 1. The number of carbonyl (C=O) groups is 2. The van der Waals surface area contributed by atoms with Crippen molar-refractivity contribution >= 4 is 17.7 Å². The van der Waals surface area contributed by atoms with Crippen LogP contribution in [-0.2, 0) is 4.79 Å². The number of ether oxygens (including phenoxy) is 1. The molecule has 0 aliphatic carbocycles. The molecule has 6 heteroatoms. The largest absolute Gasteiger partial charge is 0.494 e. The van der Waals surface area contributed by atoms with Crippen molar-refractivity contribution in [2.75, 3.05) is 18.5 Å². The molecular formula is C13H18N2O4. The average molecular weight is 266 g/mol. The normalized spacial score (nSPS) is 11.5. The highest BCUT2D eigenvalue weighted by atomic mass is 16.5. The summed E-state index contributed by atoms with van der Waals surface area (Å²) >= 11 is 0. The molecular weight excluding hydrogens is 248 g/mol. The first-order valence-electron chi connectivity index (χ1n) is 6.03. The summed E-state index contributed by atoms with van der Waals surface area (Å²) in [5.41, 5.74) is 0.589. The van der Waals surface area contributed by atoms with Gasteiger partial charge in [0.1, 0.15) is 5.75 Å². The van der Waals surface area contributed by atoms with E-state index in [1.165, 1.54) is 6.92 Å². The standard InChI is InChI=1S/C13H18N2O4/c1-3-19-11-6-4-5-10(7-11)15-13(18)14-8-9(2)12(16)17/h4-7,9H,3,8H2,1-2H3,(H,16,17)(H2,14,15,18). The number of carboxylic acid groups (broad SMARTS) is 1. The lowest BCUT2D eigenvalue weighted by Gasteiger charge is -2.10. The number of carboxylic acids is 1. The van der Waals surface area contributed by atoms with Gasteiger partial charge in [-0.3, -0.25) is 4.79 Å². The number of benzene rings is 1. The molecule has 0 radical (unpaired) electrons. The van der Waals surface area contributed by atoms with E-state index in [9.17, 15) is 9.59 Å². The van der Waals surface area contributed by atoms with Crippen molar-refractivity contribution in [3.8, 4) is 5.75 Å². The second-order valence-electron chi connectivity index (χ2n) is 4.04. The van der Waals surface area contributed by atoms with Gasteiger partial charge in [0, 0.05) is 18.3 Å². The fourth-order valence-electron chi connectivity index (χ4n) is 1.34. The molecule has 0 spiro atoms. The summed E-state index contributed by atoms with van der Waals surface area (Å²) in [7, 11) is 0. The Kier molecular flexibility index (Phi) is 5.66. The van der Waals surface area contributed by atoms with E-state index in [1.54, 1.807) is 24.3 Å². The molecule has 19 heavy (non-hydrogen) atoms. The number of nitrogens with one attached hydrogen (secondary N) is 2. The van der Waals surface area contributed by atoms with E-state index in [4.69, 9.17) is 9.84 Å². The molecule has 1 atom stereocenters. The fourth-order valence-corrected chi connectivity index (χ4v) is 1.34. The molecule has 0 saturated heterocycles. The summed E-state index contributed by atoms with van der Waals surface area (Å²) in [4.78, 5) is 22.2. The molecule has 0 heterocycles. The lowest BCUT2D eigenvalue weighted by molar-refractivity contribution is -0.140. The molecule has 0 aromatic heterocycles. The Bertz CT molecular complexity index is 448. The zero-order chi connectivity index (χ0) is 14.3. The third-order valence-electron chi connectivity index (χ3n) is 2.39. The van der Waals surface area contributed by atoms with Gasteiger partial charge >= 0.3 is 12.0 Å². The van der Waals surface area contributed by atoms with Crippen LogP contribution in [0.2, 0.25) is 0 Å². The van der Waals surface area contributed by atoms with Crippen LogP contribution in [0.25, 0.3) is 0 Å². The molecule has 0 saturated carbocycles. The topological polar surface area (TPSA) is 87.7 Å². The highest BCUT2D eigenvalue weighted by molar-refractivity contribution is 5.89. The fraction of sp³-hybridized carbons (Fsp3) is 0.385. The van der Waals surface area contributed by atoms with Crippen LogP contribution in [0, 0.1) is 5.92 Å². The van der Waals surface area contributed by atoms with Crippen molar-refractivity contribution in [3.63, 3.8) is 0 Å². The smallest absolute Gasteiger partial charge is 0.319 e. The Morgan fingerprint density at radius 2 is 2.16 bits per heavy atom. The minimum atomic E-state index is -0.946. The Balaban J connectivity index is 2.48. The first-order chi connectivity index (χ1) is 9.02. The molecule has 0 fully saturated rings. The van der Waals surface area contributed by atoms with Crippen molar-refractivity contribution in [2.24, 2.45) is 5.92 Å². The molecule has 0 bridgehead atoms. The van der Waals surface area contributed by atoms with Crippen LogP contribution in [0.1, 0.15) is 13.8 Å². The summed E-state index contributed by atoms with van der Waals surface area (Å²) in [5.74, 6) is -0.904. The van der Waals surface area contributed by atoms with E-state index in [0.29, 0.717) is 18.0 Å². The number of anilines is 1. The monoisotopic (exact) mass is 266 g/mol. The summed E-state index contributed by atoms with van der Waals surface area (Å²) < 4.78 is 5.31. The Morgan fingerprint density at radius 1 is 1.42 bits per heavy atom.